The molecule has 0 bridgehead atoms. The average molecular weight is 479 g/mol. The lowest BCUT2D eigenvalue weighted by Gasteiger charge is -2.22. The highest BCUT2D eigenvalue weighted by atomic mass is 35.5. The molecule has 3 rings (SSSR count). The van der Waals surface area contributed by atoms with Gasteiger partial charge in [0.05, 0.1) is 16.3 Å². The molecule has 0 saturated carbocycles. The number of halogens is 2. The Morgan fingerprint density at radius 1 is 1.06 bits per heavy atom. The summed E-state index contributed by atoms with van der Waals surface area (Å²) in [4.78, 5) is 27.6. The van der Waals surface area contributed by atoms with Crippen LogP contribution in [0.3, 0.4) is 0 Å². The molecule has 9 heteroatoms. The monoisotopic (exact) mass is 478 g/mol. The molecule has 1 saturated heterocycles. The molecule has 0 atom stereocenters. The molecule has 0 radical (unpaired) electrons. The Kier molecular flexibility index (Phi) is 9.02. The molecular weight excluding hydrogens is 451 g/mol. The molecule has 1 aliphatic heterocycles. The second-order valence-electron chi connectivity index (χ2n) is 7.44. The summed E-state index contributed by atoms with van der Waals surface area (Å²) >= 11 is 12.0. The number of anilines is 3. The predicted molar refractivity (Wildman–Crippen MR) is 130 cm³/mol. The van der Waals surface area contributed by atoms with Crippen LogP contribution in [0.15, 0.2) is 36.4 Å². The minimum Gasteiger partial charge on any atom is -0.382 e. The van der Waals surface area contributed by atoms with Gasteiger partial charge in [-0.2, -0.15) is 0 Å². The van der Waals surface area contributed by atoms with E-state index in [-0.39, 0.29) is 5.91 Å². The van der Waals surface area contributed by atoms with Crippen LogP contribution in [0.2, 0.25) is 10.0 Å². The van der Waals surface area contributed by atoms with Gasteiger partial charge in [-0.15, -0.1) is 0 Å². The van der Waals surface area contributed by atoms with Crippen LogP contribution in [-0.2, 0) is 4.74 Å². The van der Waals surface area contributed by atoms with Crippen LogP contribution < -0.4 is 20.9 Å². The minimum absolute atomic E-state index is 0.173. The highest BCUT2D eigenvalue weighted by molar-refractivity contribution is 6.36. The van der Waals surface area contributed by atoms with Crippen LogP contribution >= 0.6 is 23.2 Å². The highest BCUT2D eigenvalue weighted by Gasteiger charge is 2.20. The number of nitrogens with one attached hydrogen (secondary N) is 3. The van der Waals surface area contributed by atoms with Crippen LogP contribution in [0.4, 0.5) is 21.9 Å². The van der Waals surface area contributed by atoms with Crippen molar-refractivity contribution in [2.75, 3.05) is 48.4 Å². The van der Waals surface area contributed by atoms with Gasteiger partial charge in [-0.1, -0.05) is 23.2 Å². The molecule has 1 heterocycles. The number of rotatable bonds is 9. The van der Waals surface area contributed by atoms with Crippen LogP contribution in [0.1, 0.15) is 36.5 Å². The van der Waals surface area contributed by atoms with Gasteiger partial charge in [0, 0.05) is 49.2 Å². The summed E-state index contributed by atoms with van der Waals surface area (Å²) < 4.78 is 5.32. The Hall–Kier alpha value is -2.48. The van der Waals surface area contributed by atoms with E-state index in [1.807, 2.05) is 13.0 Å². The number of ether oxygens (including phenoxy) is 1. The van der Waals surface area contributed by atoms with Crippen LogP contribution in [0.25, 0.3) is 0 Å². The molecule has 0 spiro atoms. The maximum Gasteiger partial charge on any atom is 0.323 e. The van der Waals surface area contributed by atoms with E-state index in [1.54, 1.807) is 30.3 Å². The smallest absolute Gasteiger partial charge is 0.323 e. The number of urea groups is 1. The largest absolute Gasteiger partial charge is 0.382 e. The van der Waals surface area contributed by atoms with Crippen molar-refractivity contribution in [1.29, 1.82) is 0 Å². The molecule has 0 aliphatic carbocycles. The van der Waals surface area contributed by atoms with E-state index in [4.69, 9.17) is 27.9 Å². The molecule has 32 heavy (non-hydrogen) atoms. The lowest BCUT2D eigenvalue weighted by Crippen LogP contribution is -2.29. The quantitative estimate of drug-likeness (QED) is 0.421. The standard InChI is InChI=1S/C23H28Cl2N4O3/c1-2-32-13-5-10-26-22(30)18-15-17(7-9-21(18)29-11-3-4-12-29)27-23(31)28-20-8-6-16(24)14-19(20)25/h6-9,14-15H,2-5,10-13H2,1H3,(H,26,30)(H2,27,28,31). The summed E-state index contributed by atoms with van der Waals surface area (Å²) in [5.74, 6) is -0.173. The fourth-order valence-corrected chi connectivity index (χ4v) is 3.98. The van der Waals surface area contributed by atoms with Gasteiger partial charge in [-0.3, -0.25) is 4.79 Å². The van der Waals surface area contributed by atoms with Crippen molar-refractivity contribution >= 4 is 52.2 Å². The second-order valence-corrected chi connectivity index (χ2v) is 8.28. The van der Waals surface area contributed by atoms with Crippen molar-refractivity contribution in [1.82, 2.24) is 5.32 Å². The fraction of sp³-hybridized carbons (Fsp3) is 0.391. The zero-order valence-corrected chi connectivity index (χ0v) is 19.6. The number of amides is 3. The summed E-state index contributed by atoms with van der Waals surface area (Å²) in [5.41, 5.74) is 2.35. The average Bonchev–Trinajstić information content (AvgIpc) is 3.30. The van der Waals surface area contributed by atoms with Crippen molar-refractivity contribution in [2.24, 2.45) is 0 Å². The van der Waals surface area contributed by atoms with E-state index in [1.165, 1.54) is 0 Å². The maximum absolute atomic E-state index is 12.9. The van der Waals surface area contributed by atoms with Crippen molar-refractivity contribution in [3.63, 3.8) is 0 Å². The summed E-state index contributed by atoms with van der Waals surface area (Å²) in [7, 11) is 0. The Morgan fingerprint density at radius 3 is 2.56 bits per heavy atom. The number of hydrogen-bond acceptors (Lipinski definition) is 4. The zero-order chi connectivity index (χ0) is 22.9. The number of benzene rings is 2. The Morgan fingerprint density at radius 2 is 1.84 bits per heavy atom. The van der Waals surface area contributed by atoms with E-state index < -0.39 is 6.03 Å². The normalized spacial score (nSPS) is 13.2. The fourth-order valence-electron chi connectivity index (χ4n) is 3.52. The Bertz CT molecular complexity index is 949. The van der Waals surface area contributed by atoms with Crippen LogP contribution in [0, 0.1) is 0 Å². The van der Waals surface area contributed by atoms with Crippen molar-refractivity contribution in [2.45, 2.75) is 26.2 Å². The number of carbonyl (C=O) groups is 2. The first-order valence-electron chi connectivity index (χ1n) is 10.8. The van der Waals surface area contributed by atoms with Gasteiger partial charge in [0.15, 0.2) is 0 Å². The summed E-state index contributed by atoms with van der Waals surface area (Å²) in [6.45, 7) is 5.54. The molecule has 172 valence electrons. The van der Waals surface area contributed by atoms with Crippen molar-refractivity contribution in [3.05, 3.63) is 52.0 Å². The molecule has 0 aromatic heterocycles. The first-order valence-corrected chi connectivity index (χ1v) is 11.5. The number of hydrogen-bond donors (Lipinski definition) is 3. The third-order valence-corrected chi connectivity index (χ3v) is 5.63. The third-order valence-electron chi connectivity index (χ3n) is 5.08. The van der Waals surface area contributed by atoms with Gasteiger partial charge in [0.2, 0.25) is 0 Å². The van der Waals surface area contributed by atoms with Crippen LogP contribution in [-0.4, -0.2) is 44.8 Å². The molecule has 2 aromatic rings. The van der Waals surface area contributed by atoms with E-state index in [0.717, 1.165) is 38.0 Å². The molecule has 2 aromatic carbocycles. The first kappa shape index (κ1) is 24.2. The molecule has 3 N–H and O–H groups in total. The van der Waals surface area contributed by atoms with E-state index in [9.17, 15) is 9.59 Å². The summed E-state index contributed by atoms with van der Waals surface area (Å²) in [5, 5.41) is 9.23. The SMILES string of the molecule is CCOCCCNC(=O)c1cc(NC(=O)Nc2ccc(Cl)cc2Cl)ccc1N1CCCC1. The summed E-state index contributed by atoms with van der Waals surface area (Å²) in [6, 6.07) is 9.73. The van der Waals surface area contributed by atoms with Crippen molar-refractivity contribution < 1.29 is 14.3 Å². The number of carbonyl (C=O) groups excluding carboxylic acids is 2. The van der Waals surface area contributed by atoms with Crippen LogP contribution in [0.5, 0.6) is 0 Å². The Balaban J connectivity index is 1.71. The molecule has 7 nitrogen and oxygen atoms in total. The molecule has 3 amide bonds. The zero-order valence-electron chi connectivity index (χ0n) is 18.0. The van der Waals surface area contributed by atoms with Gasteiger partial charge < -0.3 is 25.6 Å². The summed E-state index contributed by atoms with van der Waals surface area (Å²) in [6.07, 6.45) is 2.93. The van der Waals surface area contributed by atoms with Gasteiger partial charge in [-0.05, 0) is 62.6 Å². The first-order chi connectivity index (χ1) is 15.5. The molecular formula is C23H28Cl2N4O3. The molecule has 1 fully saturated rings. The van der Waals surface area contributed by atoms with Gasteiger partial charge >= 0.3 is 6.03 Å². The highest BCUT2D eigenvalue weighted by Crippen LogP contribution is 2.28. The van der Waals surface area contributed by atoms with Gasteiger partial charge in [0.25, 0.3) is 5.91 Å². The van der Waals surface area contributed by atoms with Gasteiger partial charge in [-0.25, -0.2) is 4.79 Å². The predicted octanol–water partition coefficient (Wildman–Crippen LogP) is 5.39. The second kappa shape index (κ2) is 11.9. The topological polar surface area (TPSA) is 82.7 Å². The third kappa shape index (κ3) is 6.76. The Labute approximate surface area is 198 Å². The van der Waals surface area contributed by atoms with E-state index in [2.05, 4.69) is 20.9 Å². The minimum atomic E-state index is -0.466. The lowest BCUT2D eigenvalue weighted by molar-refractivity contribution is 0.0944. The maximum atomic E-state index is 12.9. The molecule has 0 unspecified atom stereocenters. The lowest BCUT2D eigenvalue weighted by atomic mass is 10.1. The molecule has 1 aliphatic rings. The number of nitrogens with zero attached hydrogens (tertiary/aromatic N) is 1. The van der Waals surface area contributed by atoms with Crippen molar-refractivity contribution in [3.8, 4) is 0 Å². The van der Waals surface area contributed by atoms with E-state index >= 15 is 0 Å². The van der Waals surface area contributed by atoms with Gasteiger partial charge in [0.1, 0.15) is 0 Å². The van der Waals surface area contributed by atoms with E-state index in [0.29, 0.717) is 46.7 Å².